The fraction of sp³-hybridized carbons (Fsp3) is 0.700. The second kappa shape index (κ2) is 4.21. The molecule has 0 spiro atoms. The van der Waals surface area contributed by atoms with Crippen molar-refractivity contribution in [3.05, 3.63) is 11.9 Å². The van der Waals surface area contributed by atoms with E-state index in [0.717, 1.165) is 12.8 Å². The maximum atomic E-state index is 11.6. The second-order valence-electron chi connectivity index (χ2n) is 4.98. The maximum Gasteiger partial charge on any atom is 0.408 e. The second-order valence-corrected chi connectivity index (χ2v) is 4.98. The first-order valence-electron chi connectivity index (χ1n) is 5.22. The fourth-order valence-electron chi connectivity index (χ4n) is 1.34. The number of rotatable bonds is 3. The monoisotopic (exact) mass is 228 g/mol. The molecule has 0 aromatic carbocycles. The van der Waals surface area contributed by atoms with Crippen LogP contribution in [0.4, 0.5) is 4.79 Å². The molecule has 0 heterocycles. The van der Waals surface area contributed by atoms with Gasteiger partial charge in [0, 0.05) is 6.20 Å². The highest BCUT2D eigenvalue weighted by Gasteiger charge is 2.47. The van der Waals surface area contributed by atoms with Gasteiger partial charge in [0.05, 0.1) is 11.2 Å². The van der Waals surface area contributed by atoms with E-state index < -0.39 is 17.2 Å². The Balaban J connectivity index is 2.55. The number of hydrazine groups is 1. The van der Waals surface area contributed by atoms with E-state index in [0.29, 0.717) is 5.70 Å². The minimum atomic E-state index is -0.509. The van der Waals surface area contributed by atoms with E-state index in [4.69, 9.17) is 16.3 Å². The summed E-state index contributed by atoms with van der Waals surface area (Å²) in [5, 5.41) is 2.76. The van der Waals surface area contributed by atoms with Gasteiger partial charge >= 0.3 is 6.09 Å². The predicted molar refractivity (Wildman–Crippen MR) is 60.9 cm³/mol. The summed E-state index contributed by atoms with van der Waals surface area (Å²) in [6.45, 7) is 5.44. The Hall–Kier alpha value is -1.43. The molecule has 0 saturated heterocycles. The number of ether oxygens (including phenoxy) is 1. The van der Waals surface area contributed by atoms with Gasteiger partial charge in [-0.25, -0.2) is 4.79 Å². The standard InChI is InChI=1S/C10H20N4O2/c1-9(2,3)16-8(15)14-10(4-5-10)7(11)6-13-12/h6,13H,4-5,11-12H2,1-3H3,(H,14,15)/b7-6-. The summed E-state index contributed by atoms with van der Waals surface area (Å²) in [5.41, 5.74) is 7.67. The number of alkyl carbamates (subject to hydrolysis) is 1. The molecule has 1 amide bonds. The molecule has 1 fully saturated rings. The Morgan fingerprint density at radius 3 is 2.38 bits per heavy atom. The highest BCUT2D eigenvalue weighted by molar-refractivity contribution is 5.70. The van der Waals surface area contributed by atoms with Crippen molar-refractivity contribution in [2.45, 2.75) is 44.8 Å². The molecule has 1 aliphatic carbocycles. The molecule has 0 aromatic heterocycles. The molecule has 1 saturated carbocycles. The molecule has 6 heteroatoms. The van der Waals surface area contributed by atoms with E-state index in [1.54, 1.807) is 0 Å². The van der Waals surface area contributed by atoms with E-state index in [-0.39, 0.29) is 0 Å². The van der Waals surface area contributed by atoms with Crippen LogP contribution < -0.4 is 22.3 Å². The lowest BCUT2D eigenvalue weighted by Gasteiger charge is -2.23. The Morgan fingerprint density at radius 2 is 2.00 bits per heavy atom. The summed E-state index contributed by atoms with van der Waals surface area (Å²) in [6.07, 6.45) is 2.62. The van der Waals surface area contributed by atoms with Crippen molar-refractivity contribution in [1.29, 1.82) is 0 Å². The van der Waals surface area contributed by atoms with Crippen LogP contribution in [0.3, 0.4) is 0 Å². The highest BCUT2D eigenvalue weighted by atomic mass is 16.6. The van der Waals surface area contributed by atoms with Crippen molar-refractivity contribution in [2.75, 3.05) is 0 Å². The zero-order valence-corrected chi connectivity index (χ0v) is 9.96. The molecule has 16 heavy (non-hydrogen) atoms. The lowest BCUT2D eigenvalue weighted by atomic mass is 10.2. The first-order chi connectivity index (χ1) is 7.29. The number of carbonyl (C=O) groups is 1. The number of nitrogens with two attached hydrogens (primary N) is 2. The Bertz CT molecular complexity index is 302. The topological polar surface area (TPSA) is 102 Å². The fourth-order valence-corrected chi connectivity index (χ4v) is 1.34. The van der Waals surface area contributed by atoms with Crippen LogP contribution in [0.5, 0.6) is 0 Å². The number of amides is 1. The molecule has 0 aromatic rings. The van der Waals surface area contributed by atoms with Gasteiger partial charge in [0.1, 0.15) is 5.60 Å². The highest BCUT2D eigenvalue weighted by Crippen LogP contribution is 2.39. The van der Waals surface area contributed by atoms with Crippen LogP contribution in [0.15, 0.2) is 11.9 Å². The van der Waals surface area contributed by atoms with Gasteiger partial charge in [-0.1, -0.05) is 0 Å². The molecule has 6 N–H and O–H groups in total. The molecular formula is C10H20N4O2. The third-order valence-electron chi connectivity index (χ3n) is 2.28. The third kappa shape index (κ3) is 3.30. The Kier molecular flexibility index (Phi) is 3.32. The van der Waals surface area contributed by atoms with Gasteiger partial charge in [-0.05, 0) is 33.6 Å². The van der Waals surface area contributed by atoms with Crippen LogP contribution in [-0.4, -0.2) is 17.2 Å². The summed E-state index contributed by atoms with van der Waals surface area (Å²) in [4.78, 5) is 11.6. The normalized spacial score (nSPS) is 18.9. The van der Waals surface area contributed by atoms with E-state index in [1.165, 1.54) is 6.20 Å². The molecule has 1 aliphatic rings. The van der Waals surface area contributed by atoms with Crippen LogP contribution >= 0.6 is 0 Å². The maximum absolute atomic E-state index is 11.6. The van der Waals surface area contributed by atoms with Crippen LogP contribution in [0.2, 0.25) is 0 Å². The van der Waals surface area contributed by atoms with Crippen molar-refractivity contribution in [1.82, 2.24) is 10.7 Å². The van der Waals surface area contributed by atoms with Crippen LogP contribution in [0.1, 0.15) is 33.6 Å². The Morgan fingerprint density at radius 1 is 1.44 bits per heavy atom. The average molecular weight is 228 g/mol. The summed E-state index contributed by atoms with van der Waals surface area (Å²) in [7, 11) is 0. The Labute approximate surface area is 95.4 Å². The van der Waals surface area contributed by atoms with E-state index in [9.17, 15) is 4.79 Å². The van der Waals surface area contributed by atoms with Crippen molar-refractivity contribution in [3.63, 3.8) is 0 Å². The lowest BCUT2D eigenvalue weighted by molar-refractivity contribution is 0.0505. The van der Waals surface area contributed by atoms with E-state index >= 15 is 0 Å². The summed E-state index contributed by atoms with van der Waals surface area (Å²) < 4.78 is 5.16. The molecule has 0 atom stereocenters. The largest absolute Gasteiger partial charge is 0.444 e. The summed E-state index contributed by atoms with van der Waals surface area (Å²) in [5.74, 6) is 5.14. The third-order valence-corrected chi connectivity index (χ3v) is 2.28. The number of carbonyl (C=O) groups excluding carboxylic acids is 1. The van der Waals surface area contributed by atoms with Gasteiger partial charge in [0.2, 0.25) is 0 Å². The van der Waals surface area contributed by atoms with Crippen LogP contribution in [0.25, 0.3) is 0 Å². The quantitative estimate of drug-likeness (QED) is 0.411. The zero-order chi connectivity index (χ0) is 12.4. The number of hydrogen-bond donors (Lipinski definition) is 4. The number of hydrogen-bond acceptors (Lipinski definition) is 5. The van der Waals surface area contributed by atoms with Crippen LogP contribution in [0, 0.1) is 0 Å². The molecule has 0 bridgehead atoms. The zero-order valence-electron chi connectivity index (χ0n) is 9.96. The van der Waals surface area contributed by atoms with Gasteiger partial charge in [-0.15, -0.1) is 0 Å². The van der Waals surface area contributed by atoms with E-state index in [2.05, 4.69) is 10.7 Å². The smallest absolute Gasteiger partial charge is 0.408 e. The number of nitrogens with one attached hydrogen (secondary N) is 2. The van der Waals surface area contributed by atoms with Gasteiger partial charge in [0.15, 0.2) is 0 Å². The lowest BCUT2D eigenvalue weighted by Crippen LogP contribution is -2.44. The molecule has 0 aliphatic heterocycles. The molecule has 0 unspecified atom stereocenters. The van der Waals surface area contributed by atoms with Gasteiger partial charge in [-0.2, -0.15) is 0 Å². The van der Waals surface area contributed by atoms with Crippen molar-refractivity contribution >= 4 is 6.09 Å². The predicted octanol–water partition coefficient (Wildman–Crippen LogP) is 0.307. The SMILES string of the molecule is CC(C)(C)OC(=O)NC1(/C(N)=C/NN)CC1. The summed E-state index contributed by atoms with van der Waals surface area (Å²) >= 11 is 0. The minimum absolute atomic E-state index is 0.460. The molecule has 6 nitrogen and oxygen atoms in total. The van der Waals surface area contributed by atoms with Gasteiger partial charge < -0.3 is 21.2 Å². The summed E-state index contributed by atoms with van der Waals surface area (Å²) in [6, 6.07) is 0. The van der Waals surface area contributed by atoms with Gasteiger partial charge in [0.25, 0.3) is 0 Å². The van der Waals surface area contributed by atoms with Gasteiger partial charge in [-0.3, -0.25) is 5.84 Å². The molecule has 0 radical (unpaired) electrons. The average Bonchev–Trinajstić information content (AvgIpc) is 2.82. The molecule has 92 valence electrons. The van der Waals surface area contributed by atoms with Crippen molar-refractivity contribution in [3.8, 4) is 0 Å². The minimum Gasteiger partial charge on any atom is -0.444 e. The first-order valence-corrected chi connectivity index (χ1v) is 5.22. The van der Waals surface area contributed by atoms with Crippen molar-refractivity contribution < 1.29 is 9.53 Å². The molecule has 1 rings (SSSR count). The first kappa shape index (κ1) is 12.6. The molecular weight excluding hydrogens is 208 g/mol. The van der Waals surface area contributed by atoms with Crippen molar-refractivity contribution in [2.24, 2.45) is 11.6 Å². The van der Waals surface area contributed by atoms with E-state index in [1.807, 2.05) is 20.8 Å². The van der Waals surface area contributed by atoms with Crippen LogP contribution in [-0.2, 0) is 4.74 Å².